The molecule has 2 aromatic rings. The summed E-state index contributed by atoms with van der Waals surface area (Å²) >= 11 is 7.30. The molecule has 1 aromatic heterocycles. The van der Waals surface area contributed by atoms with Gasteiger partial charge in [0.1, 0.15) is 11.9 Å². The molecule has 13 heteroatoms. The Morgan fingerprint density at radius 1 is 1.21 bits per heavy atom. The number of aromatic nitrogens is 1. The highest BCUT2D eigenvalue weighted by Gasteiger charge is 2.44. The third kappa shape index (κ3) is 5.77. The fourth-order valence-corrected chi connectivity index (χ4v) is 7.75. The highest BCUT2D eigenvalue weighted by molar-refractivity contribution is 7.80. The Balaban J connectivity index is 1.28. The van der Waals surface area contributed by atoms with Crippen molar-refractivity contribution in [1.29, 1.82) is 0 Å². The number of rotatable bonds is 8. The van der Waals surface area contributed by atoms with E-state index in [1.54, 1.807) is 32.2 Å². The van der Waals surface area contributed by atoms with Crippen LogP contribution in [0.15, 0.2) is 46.0 Å². The van der Waals surface area contributed by atoms with Gasteiger partial charge in [-0.25, -0.2) is 14.2 Å². The topological polar surface area (TPSA) is 111 Å². The molecule has 4 atom stereocenters. The summed E-state index contributed by atoms with van der Waals surface area (Å²) in [7, 11) is 0. The molecule has 0 spiro atoms. The average molecular weight is 627 g/mol. The Morgan fingerprint density at radius 3 is 2.77 bits per heavy atom. The van der Waals surface area contributed by atoms with Crippen molar-refractivity contribution in [1.82, 2.24) is 25.0 Å². The third-order valence-electron chi connectivity index (χ3n) is 8.90. The van der Waals surface area contributed by atoms with Crippen molar-refractivity contribution in [2.45, 2.75) is 51.2 Å². The number of nitrogens with zero attached hydrogens (tertiary/aromatic N) is 5. The van der Waals surface area contributed by atoms with Crippen LogP contribution in [0.3, 0.4) is 0 Å². The second-order valence-electron chi connectivity index (χ2n) is 11.4. The number of piperazine rings is 1. The molecule has 2 N–H and O–H groups in total. The number of thiocarbonyl (C=S) groups is 1. The van der Waals surface area contributed by atoms with Gasteiger partial charge >= 0.3 is 11.9 Å². The number of fused-ring (bicyclic) bond motifs is 1. The fraction of sp³-hybridized carbons (Fsp3) is 0.500. The Hall–Kier alpha value is -3.42. The first kappa shape index (κ1) is 29.6. The number of aliphatic carboxylic acids is 1. The molecule has 6 rings (SSSR count). The monoisotopic (exact) mass is 626 g/mol. The highest BCUT2D eigenvalue weighted by Crippen LogP contribution is 2.37. The largest absolute Gasteiger partial charge is 0.481 e. The Bertz CT molecular complexity index is 1480. The number of hydrogen-bond donors (Lipinski definition) is 2. The zero-order valence-electron chi connectivity index (χ0n) is 24.2. The molecule has 2 unspecified atom stereocenters. The summed E-state index contributed by atoms with van der Waals surface area (Å²) < 4.78 is 20.3. The van der Waals surface area contributed by atoms with E-state index >= 15 is 0 Å². The number of esters is 1. The van der Waals surface area contributed by atoms with Gasteiger partial charge in [0.15, 0.2) is 16.0 Å². The van der Waals surface area contributed by atoms with Crippen molar-refractivity contribution < 1.29 is 23.8 Å². The van der Waals surface area contributed by atoms with Gasteiger partial charge in [-0.1, -0.05) is 12.1 Å². The Labute approximate surface area is 259 Å². The van der Waals surface area contributed by atoms with Gasteiger partial charge in [-0.2, -0.15) is 0 Å². The van der Waals surface area contributed by atoms with Crippen LogP contribution in [0.5, 0.6) is 0 Å². The van der Waals surface area contributed by atoms with Crippen molar-refractivity contribution in [3.63, 3.8) is 0 Å². The number of benzene rings is 1. The first-order chi connectivity index (χ1) is 20.7. The molecule has 2 saturated heterocycles. The second kappa shape index (κ2) is 12.3. The lowest BCUT2D eigenvalue weighted by Gasteiger charge is -2.39. The molecule has 3 aliphatic heterocycles. The number of thiazole rings is 1. The number of hydrogen-bond acceptors (Lipinski definition) is 9. The zero-order valence-corrected chi connectivity index (χ0v) is 25.8. The predicted molar refractivity (Wildman–Crippen MR) is 164 cm³/mol. The predicted octanol–water partition coefficient (Wildman–Crippen LogP) is 3.34. The summed E-state index contributed by atoms with van der Waals surface area (Å²) in [4.78, 5) is 41.2. The summed E-state index contributed by atoms with van der Waals surface area (Å²) in [5.74, 6) is -1.35. The van der Waals surface area contributed by atoms with Crippen molar-refractivity contribution in [3.05, 3.63) is 63.0 Å². The normalized spacial score (nSPS) is 25.9. The molecule has 10 nitrogen and oxygen atoms in total. The fourth-order valence-electron chi connectivity index (χ4n) is 6.70. The van der Waals surface area contributed by atoms with Gasteiger partial charge in [0.05, 0.1) is 24.1 Å². The summed E-state index contributed by atoms with van der Waals surface area (Å²) in [6.45, 7) is 7.03. The minimum atomic E-state index is -0.759. The molecule has 43 heavy (non-hydrogen) atoms. The summed E-state index contributed by atoms with van der Waals surface area (Å²) in [5.41, 5.74) is 2.07. The van der Waals surface area contributed by atoms with Crippen LogP contribution in [0, 0.1) is 18.7 Å². The van der Waals surface area contributed by atoms with Crippen LogP contribution >= 0.6 is 23.6 Å². The third-order valence-corrected chi connectivity index (χ3v) is 10.2. The van der Waals surface area contributed by atoms with Gasteiger partial charge in [0, 0.05) is 56.0 Å². The lowest BCUT2D eigenvalue weighted by Crippen LogP contribution is -2.53. The van der Waals surface area contributed by atoms with Crippen molar-refractivity contribution in [2.24, 2.45) is 10.9 Å². The number of carbonyl (C=O) groups is 2. The molecule has 3 fully saturated rings. The van der Waals surface area contributed by atoms with Gasteiger partial charge in [-0.05, 0) is 62.5 Å². The van der Waals surface area contributed by atoms with Crippen molar-refractivity contribution >= 4 is 46.4 Å². The minimum Gasteiger partial charge on any atom is -0.481 e. The second-order valence-corrected chi connectivity index (χ2v) is 12.7. The van der Waals surface area contributed by atoms with E-state index < -0.39 is 18.0 Å². The molecule has 4 aliphatic rings. The van der Waals surface area contributed by atoms with E-state index in [1.165, 1.54) is 17.4 Å². The van der Waals surface area contributed by atoms with E-state index in [0.29, 0.717) is 52.6 Å². The van der Waals surface area contributed by atoms with E-state index in [-0.39, 0.29) is 30.4 Å². The summed E-state index contributed by atoms with van der Waals surface area (Å²) in [5, 5.41) is 16.2. The molecule has 228 valence electrons. The number of ether oxygens (including phenoxy) is 1. The number of carboxylic acid groups (broad SMARTS) is 1. The maximum Gasteiger partial charge on any atom is 0.338 e. The van der Waals surface area contributed by atoms with Gasteiger partial charge in [-0.3, -0.25) is 14.7 Å². The van der Waals surface area contributed by atoms with Gasteiger partial charge in [0.2, 0.25) is 0 Å². The highest BCUT2D eigenvalue weighted by atomic mass is 32.1. The first-order valence-electron chi connectivity index (χ1n) is 14.7. The van der Waals surface area contributed by atoms with E-state index in [9.17, 15) is 19.1 Å². The van der Waals surface area contributed by atoms with Crippen LogP contribution in [-0.4, -0.2) is 99.1 Å². The van der Waals surface area contributed by atoms with Crippen LogP contribution in [0.2, 0.25) is 0 Å². The number of carbonyl (C=O) groups excluding carboxylic acids is 1. The minimum absolute atomic E-state index is 0.151. The molecule has 1 aromatic carbocycles. The molecule has 0 bridgehead atoms. The zero-order chi connectivity index (χ0) is 30.2. The molecule has 0 radical (unpaired) electrons. The molecular formula is C30H35FN6O4S2. The van der Waals surface area contributed by atoms with Gasteiger partial charge < -0.3 is 25.0 Å². The van der Waals surface area contributed by atoms with Crippen LogP contribution in [0.1, 0.15) is 48.4 Å². The number of halogens is 1. The lowest BCUT2D eigenvalue weighted by molar-refractivity contribution is -0.141. The number of aliphatic imine (C=N–C) groups is 1. The van der Waals surface area contributed by atoms with Crippen LogP contribution in [-0.2, 0) is 14.3 Å². The van der Waals surface area contributed by atoms with E-state index in [1.807, 2.05) is 5.38 Å². The lowest BCUT2D eigenvalue weighted by atomic mass is 9.92. The summed E-state index contributed by atoms with van der Waals surface area (Å²) in [6.07, 6.45) is 3.84. The van der Waals surface area contributed by atoms with Gasteiger partial charge in [-0.15, -0.1) is 11.3 Å². The van der Waals surface area contributed by atoms with E-state index in [4.69, 9.17) is 21.9 Å². The Kier molecular flexibility index (Phi) is 8.47. The quantitative estimate of drug-likeness (QED) is 0.335. The Morgan fingerprint density at radius 2 is 2.05 bits per heavy atom. The molecule has 1 aliphatic carbocycles. The van der Waals surface area contributed by atoms with E-state index in [0.717, 1.165) is 37.7 Å². The summed E-state index contributed by atoms with van der Waals surface area (Å²) in [6, 6.07) is 4.40. The maximum absolute atomic E-state index is 14.7. The van der Waals surface area contributed by atoms with Crippen molar-refractivity contribution in [2.75, 3.05) is 39.3 Å². The smallest absolute Gasteiger partial charge is 0.338 e. The van der Waals surface area contributed by atoms with Crippen LogP contribution in [0.4, 0.5) is 4.39 Å². The number of carboxylic acids is 1. The van der Waals surface area contributed by atoms with Crippen LogP contribution < -0.4 is 5.32 Å². The number of amidine groups is 1. The first-order valence-corrected chi connectivity index (χ1v) is 16.0. The van der Waals surface area contributed by atoms with E-state index in [2.05, 4.69) is 25.0 Å². The SMILES string of the molecule is CCOC(=O)C1=C(CN2CCN3C(=S)N(C4CCC(C(=O)O)C4)C[C@@H]3C2)NC(c2nccs2)=N[C@H]1c1cccc(F)c1C. The van der Waals surface area contributed by atoms with Crippen LogP contribution in [0.25, 0.3) is 0 Å². The number of nitrogens with one attached hydrogen (secondary N) is 1. The van der Waals surface area contributed by atoms with Gasteiger partial charge in [0.25, 0.3) is 0 Å². The molecular weight excluding hydrogens is 592 g/mol. The van der Waals surface area contributed by atoms with Crippen molar-refractivity contribution in [3.8, 4) is 0 Å². The standard InChI is InChI=1S/C30H35FN6O4S2/c1-3-41-29(40)24-23(33-26(27-32-9-12-43-27)34-25(24)21-5-4-6-22(31)17(21)2)16-35-10-11-36-20(14-35)15-37(30(36)42)19-8-7-18(13-19)28(38)39/h4-6,9,12,18-20,25H,3,7-8,10-11,13-16H2,1-2H3,(H,33,34)(H,38,39)/t18?,19?,20-,25-/m0/s1. The molecule has 1 saturated carbocycles. The average Bonchev–Trinajstić information content (AvgIpc) is 3.75. The molecule has 4 heterocycles. The maximum atomic E-state index is 14.7. The molecule has 0 amide bonds.